The van der Waals surface area contributed by atoms with Crippen LogP contribution in [0.15, 0.2) is 42.7 Å². The Labute approximate surface area is 125 Å². The molecular weight excluding hydrogens is 288 g/mol. The van der Waals surface area contributed by atoms with Crippen LogP contribution in [0.4, 0.5) is 11.4 Å². The van der Waals surface area contributed by atoms with Crippen LogP contribution in [0.1, 0.15) is 20.7 Å². The lowest BCUT2D eigenvalue weighted by molar-refractivity contribution is -0.385. The van der Waals surface area contributed by atoms with Crippen molar-refractivity contribution < 1.29 is 14.5 Å². The summed E-state index contributed by atoms with van der Waals surface area (Å²) < 4.78 is 0. The Morgan fingerprint density at radius 3 is 2.59 bits per heavy atom. The number of nitrogens with zero attached hydrogens (tertiary/aromatic N) is 2. The summed E-state index contributed by atoms with van der Waals surface area (Å²) in [5, 5.41) is 15.9. The highest BCUT2D eigenvalue weighted by atomic mass is 16.6. The molecule has 22 heavy (non-hydrogen) atoms. The molecule has 0 aliphatic heterocycles. The Bertz CT molecular complexity index is 731. The first-order valence-electron chi connectivity index (χ1n) is 6.25. The molecule has 1 heterocycles. The van der Waals surface area contributed by atoms with Crippen molar-refractivity contribution in [1.82, 2.24) is 10.3 Å². The predicted molar refractivity (Wildman–Crippen MR) is 78.7 cm³/mol. The molecule has 0 radical (unpaired) electrons. The standard InChI is InChI=1S/C14H12N4O4/c1-15-13(19)9-4-5-12(18(21)22)11(7-9)14(20)17-10-3-2-6-16-8-10/h2-8H,1H3,(H,15,19)(H,17,20). The van der Waals surface area contributed by atoms with Crippen LogP contribution in [-0.2, 0) is 0 Å². The molecule has 8 nitrogen and oxygen atoms in total. The summed E-state index contributed by atoms with van der Waals surface area (Å²) in [6.45, 7) is 0. The predicted octanol–water partition coefficient (Wildman–Crippen LogP) is 1.60. The Kier molecular flexibility index (Phi) is 4.42. The van der Waals surface area contributed by atoms with E-state index in [4.69, 9.17) is 0 Å². The average Bonchev–Trinajstić information content (AvgIpc) is 2.54. The second kappa shape index (κ2) is 6.44. The van der Waals surface area contributed by atoms with Gasteiger partial charge in [0, 0.05) is 24.9 Å². The van der Waals surface area contributed by atoms with Crippen LogP contribution in [0.3, 0.4) is 0 Å². The Morgan fingerprint density at radius 2 is 2.00 bits per heavy atom. The zero-order valence-electron chi connectivity index (χ0n) is 11.6. The number of rotatable bonds is 4. The number of amides is 2. The minimum Gasteiger partial charge on any atom is -0.355 e. The molecule has 0 unspecified atom stereocenters. The summed E-state index contributed by atoms with van der Waals surface area (Å²) in [6, 6.07) is 6.81. The number of pyridine rings is 1. The van der Waals surface area contributed by atoms with Crippen molar-refractivity contribution in [1.29, 1.82) is 0 Å². The van der Waals surface area contributed by atoms with Crippen molar-refractivity contribution in [3.8, 4) is 0 Å². The maximum Gasteiger partial charge on any atom is 0.282 e. The van der Waals surface area contributed by atoms with Crippen LogP contribution in [0.2, 0.25) is 0 Å². The molecule has 2 aromatic rings. The number of aromatic nitrogens is 1. The molecule has 2 rings (SSSR count). The van der Waals surface area contributed by atoms with Crippen molar-refractivity contribution in [3.05, 3.63) is 64.0 Å². The minimum atomic E-state index is -0.689. The quantitative estimate of drug-likeness (QED) is 0.657. The molecule has 2 N–H and O–H groups in total. The van der Waals surface area contributed by atoms with Gasteiger partial charge in [0.05, 0.1) is 16.8 Å². The number of carbonyl (C=O) groups excluding carboxylic acids is 2. The molecule has 2 amide bonds. The normalized spacial score (nSPS) is 9.86. The van der Waals surface area contributed by atoms with Crippen LogP contribution >= 0.6 is 0 Å². The maximum absolute atomic E-state index is 12.2. The number of benzene rings is 1. The lowest BCUT2D eigenvalue weighted by Crippen LogP contribution is -2.20. The number of anilines is 1. The molecule has 8 heteroatoms. The Balaban J connectivity index is 2.40. The Hall–Kier alpha value is -3.29. The van der Waals surface area contributed by atoms with Crippen LogP contribution in [0.25, 0.3) is 0 Å². The number of nitro benzene ring substituents is 1. The van der Waals surface area contributed by atoms with Crippen LogP contribution in [0.5, 0.6) is 0 Å². The number of hydrogen-bond acceptors (Lipinski definition) is 5. The van der Waals surface area contributed by atoms with E-state index in [1.807, 2.05) is 0 Å². The van der Waals surface area contributed by atoms with E-state index in [1.54, 1.807) is 12.1 Å². The van der Waals surface area contributed by atoms with E-state index in [9.17, 15) is 19.7 Å². The highest BCUT2D eigenvalue weighted by Crippen LogP contribution is 2.21. The molecule has 0 saturated heterocycles. The van der Waals surface area contributed by atoms with Crippen molar-refractivity contribution in [2.45, 2.75) is 0 Å². The van der Waals surface area contributed by atoms with E-state index < -0.39 is 16.7 Å². The van der Waals surface area contributed by atoms with Gasteiger partial charge in [0.15, 0.2) is 0 Å². The van der Waals surface area contributed by atoms with Crippen LogP contribution < -0.4 is 10.6 Å². The third-order valence-electron chi connectivity index (χ3n) is 2.85. The SMILES string of the molecule is CNC(=O)c1ccc([N+](=O)[O-])c(C(=O)Nc2cccnc2)c1. The molecule has 0 fully saturated rings. The second-order valence-electron chi connectivity index (χ2n) is 4.26. The molecular formula is C14H12N4O4. The smallest absolute Gasteiger partial charge is 0.282 e. The zero-order chi connectivity index (χ0) is 16.1. The van der Waals surface area contributed by atoms with Crippen molar-refractivity contribution in [3.63, 3.8) is 0 Å². The van der Waals surface area contributed by atoms with E-state index in [1.165, 1.54) is 31.6 Å². The largest absolute Gasteiger partial charge is 0.355 e. The van der Waals surface area contributed by atoms with Gasteiger partial charge in [-0.3, -0.25) is 24.7 Å². The van der Waals surface area contributed by atoms with Gasteiger partial charge in [-0.15, -0.1) is 0 Å². The number of carbonyl (C=O) groups is 2. The zero-order valence-corrected chi connectivity index (χ0v) is 11.6. The topological polar surface area (TPSA) is 114 Å². The summed E-state index contributed by atoms with van der Waals surface area (Å²) in [5.74, 6) is -1.13. The first-order chi connectivity index (χ1) is 10.5. The Morgan fingerprint density at radius 1 is 1.23 bits per heavy atom. The number of nitrogens with one attached hydrogen (secondary N) is 2. The molecule has 1 aromatic carbocycles. The molecule has 0 aliphatic carbocycles. The van der Waals surface area contributed by atoms with Crippen molar-refractivity contribution in [2.75, 3.05) is 12.4 Å². The number of hydrogen-bond donors (Lipinski definition) is 2. The highest BCUT2D eigenvalue weighted by molar-refractivity contribution is 6.08. The molecule has 0 spiro atoms. The fourth-order valence-corrected chi connectivity index (χ4v) is 1.80. The summed E-state index contributed by atoms with van der Waals surface area (Å²) >= 11 is 0. The van der Waals surface area contributed by atoms with E-state index in [-0.39, 0.29) is 16.8 Å². The molecule has 0 atom stereocenters. The van der Waals surface area contributed by atoms with Gasteiger partial charge in [-0.25, -0.2) is 0 Å². The molecule has 1 aromatic heterocycles. The lowest BCUT2D eigenvalue weighted by atomic mass is 10.1. The van der Waals surface area contributed by atoms with Gasteiger partial charge in [0.25, 0.3) is 17.5 Å². The van der Waals surface area contributed by atoms with Gasteiger partial charge in [0.2, 0.25) is 0 Å². The molecule has 0 aliphatic rings. The van der Waals surface area contributed by atoms with Gasteiger partial charge in [0.1, 0.15) is 5.56 Å². The first-order valence-corrected chi connectivity index (χ1v) is 6.25. The van der Waals surface area contributed by atoms with E-state index in [0.717, 1.165) is 6.07 Å². The summed E-state index contributed by atoms with van der Waals surface area (Å²) in [4.78, 5) is 38.0. The highest BCUT2D eigenvalue weighted by Gasteiger charge is 2.22. The third-order valence-corrected chi connectivity index (χ3v) is 2.85. The number of nitro groups is 1. The van der Waals surface area contributed by atoms with Crippen LogP contribution in [-0.4, -0.2) is 28.8 Å². The van der Waals surface area contributed by atoms with Gasteiger partial charge >= 0.3 is 0 Å². The molecule has 0 bridgehead atoms. The second-order valence-corrected chi connectivity index (χ2v) is 4.26. The van der Waals surface area contributed by atoms with Gasteiger partial charge < -0.3 is 10.6 Å². The van der Waals surface area contributed by atoms with Crippen molar-refractivity contribution >= 4 is 23.2 Å². The summed E-state index contributed by atoms with van der Waals surface area (Å²) in [6.07, 6.45) is 2.94. The summed E-state index contributed by atoms with van der Waals surface area (Å²) in [5.41, 5.74) is -0.0272. The minimum absolute atomic E-state index is 0.157. The van der Waals surface area contributed by atoms with Gasteiger partial charge in [-0.2, -0.15) is 0 Å². The molecule has 112 valence electrons. The summed E-state index contributed by atoms with van der Waals surface area (Å²) in [7, 11) is 1.43. The monoisotopic (exact) mass is 300 g/mol. The van der Waals surface area contributed by atoms with E-state index >= 15 is 0 Å². The van der Waals surface area contributed by atoms with E-state index in [0.29, 0.717) is 5.69 Å². The average molecular weight is 300 g/mol. The third kappa shape index (κ3) is 3.23. The fourth-order valence-electron chi connectivity index (χ4n) is 1.80. The van der Waals surface area contributed by atoms with Gasteiger partial charge in [-0.05, 0) is 24.3 Å². The van der Waals surface area contributed by atoms with E-state index in [2.05, 4.69) is 15.6 Å². The lowest BCUT2D eigenvalue weighted by Gasteiger charge is -2.07. The molecule has 0 saturated carbocycles. The maximum atomic E-state index is 12.2. The fraction of sp³-hybridized carbons (Fsp3) is 0.0714. The van der Waals surface area contributed by atoms with Gasteiger partial charge in [-0.1, -0.05) is 0 Å². The van der Waals surface area contributed by atoms with Crippen LogP contribution in [0, 0.1) is 10.1 Å². The van der Waals surface area contributed by atoms with Crippen molar-refractivity contribution in [2.24, 2.45) is 0 Å². The first kappa shape index (κ1) is 15.1.